The van der Waals surface area contributed by atoms with Crippen LogP contribution < -0.4 is 0 Å². The molecule has 0 unspecified atom stereocenters. The van der Waals surface area contributed by atoms with Crippen LogP contribution in [0.3, 0.4) is 0 Å². The number of aliphatic hydroxyl groups is 2. The van der Waals surface area contributed by atoms with Gasteiger partial charge in [-0.25, -0.2) is 9.59 Å². The van der Waals surface area contributed by atoms with Gasteiger partial charge in [-0.3, -0.25) is 0 Å². The van der Waals surface area contributed by atoms with Gasteiger partial charge in [-0.2, -0.15) is 35.1 Å². The van der Waals surface area contributed by atoms with Crippen molar-refractivity contribution in [2.75, 3.05) is 6.61 Å². The largest absolute Gasteiger partial charge is 0.423 e. The fourth-order valence-corrected chi connectivity index (χ4v) is 1.41. The first-order valence-corrected chi connectivity index (χ1v) is 6.84. The van der Waals surface area contributed by atoms with Crippen LogP contribution in [0.1, 0.15) is 13.8 Å². The van der Waals surface area contributed by atoms with Crippen LogP contribution in [0.4, 0.5) is 35.1 Å². The van der Waals surface area contributed by atoms with E-state index in [4.69, 9.17) is 10.2 Å². The molecule has 0 saturated heterocycles. The minimum Gasteiger partial charge on any atom is -0.410 e. The van der Waals surface area contributed by atoms with Gasteiger partial charge >= 0.3 is 41.6 Å². The number of aliphatic hydroxyl groups excluding tert-OH is 1. The quantitative estimate of drug-likeness (QED) is 0.253. The molecule has 0 bridgehead atoms. The Hall–Kier alpha value is -2.22. The SMILES string of the molecule is C=C(C)C(=O)OC(CO)(OC(=O)C(=C)C)C(F)(F)C(F)(F)C(F)(F)C(O)(F)F. The zero-order chi connectivity index (χ0) is 22.9. The molecule has 14 heteroatoms. The molecular weight excluding hydrogens is 416 g/mol. The molecule has 0 atom stereocenters. The number of alkyl halides is 8. The molecular formula is C14H14F8O6. The number of rotatable bonds is 9. The molecule has 0 spiro atoms. The second-order valence-corrected chi connectivity index (χ2v) is 5.52. The molecule has 0 radical (unpaired) electrons. The van der Waals surface area contributed by atoms with Gasteiger partial charge in [0.15, 0.2) is 0 Å². The van der Waals surface area contributed by atoms with Crippen LogP contribution >= 0.6 is 0 Å². The topological polar surface area (TPSA) is 93.1 Å². The lowest BCUT2D eigenvalue weighted by Gasteiger charge is -2.42. The summed E-state index contributed by atoms with van der Waals surface area (Å²) in [5.41, 5.74) is -1.63. The zero-order valence-corrected chi connectivity index (χ0v) is 14.2. The van der Waals surface area contributed by atoms with Crippen LogP contribution in [0.5, 0.6) is 0 Å². The fourth-order valence-electron chi connectivity index (χ4n) is 1.41. The van der Waals surface area contributed by atoms with E-state index >= 15 is 0 Å². The lowest BCUT2D eigenvalue weighted by Crippen LogP contribution is -2.72. The fraction of sp³-hybridized carbons (Fsp3) is 0.571. The molecule has 0 aliphatic carbocycles. The highest BCUT2D eigenvalue weighted by molar-refractivity contribution is 5.89. The van der Waals surface area contributed by atoms with E-state index in [0.29, 0.717) is 0 Å². The smallest absolute Gasteiger partial charge is 0.410 e. The van der Waals surface area contributed by atoms with Gasteiger partial charge in [0.25, 0.3) is 0 Å². The van der Waals surface area contributed by atoms with Gasteiger partial charge in [0.05, 0.1) is 0 Å². The molecule has 0 amide bonds. The highest BCUT2D eigenvalue weighted by Crippen LogP contribution is 2.56. The second kappa shape index (κ2) is 7.66. The van der Waals surface area contributed by atoms with Crippen molar-refractivity contribution in [3.8, 4) is 0 Å². The van der Waals surface area contributed by atoms with Gasteiger partial charge in [-0.05, 0) is 13.8 Å². The molecule has 0 saturated carbocycles. The summed E-state index contributed by atoms with van der Waals surface area (Å²) < 4.78 is 115. The van der Waals surface area contributed by atoms with Crippen molar-refractivity contribution in [2.45, 2.75) is 43.5 Å². The van der Waals surface area contributed by atoms with Crippen molar-refractivity contribution < 1.29 is 64.4 Å². The third kappa shape index (κ3) is 4.11. The molecule has 0 rings (SSSR count). The van der Waals surface area contributed by atoms with Crippen molar-refractivity contribution in [3.05, 3.63) is 24.3 Å². The Kier molecular flexibility index (Phi) is 7.05. The Balaban J connectivity index is 6.74. The van der Waals surface area contributed by atoms with Gasteiger partial charge in [0.2, 0.25) is 0 Å². The third-order valence-corrected chi connectivity index (χ3v) is 3.07. The maximum atomic E-state index is 14.3. The molecule has 0 heterocycles. The van der Waals surface area contributed by atoms with Gasteiger partial charge in [0, 0.05) is 11.1 Å². The van der Waals surface area contributed by atoms with Crippen molar-refractivity contribution in [3.63, 3.8) is 0 Å². The first kappa shape index (κ1) is 25.8. The Labute approximate surface area is 152 Å². The summed E-state index contributed by atoms with van der Waals surface area (Å²) in [4.78, 5) is 23.0. The number of hydrogen-bond acceptors (Lipinski definition) is 6. The Bertz CT molecular complexity index is 639. The van der Waals surface area contributed by atoms with E-state index in [1.807, 2.05) is 0 Å². The second-order valence-electron chi connectivity index (χ2n) is 5.52. The highest BCUT2D eigenvalue weighted by atomic mass is 19.4. The molecule has 6 nitrogen and oxygen atoms in total. The van der Waals surface area contributed by atoms with Gasteiger partial charge < -0.3 is 19.7 Å². The summed E-state index contributed by atoms with van der Waals surface area (Å²) in [5, 5.41) is 17.0. The van der Waals surface area contributed by atoms with Gasteiger partial charge in [0.1, 0.15) is 6.61 Å². The number of halogens is 8. The highest BCUT2D eigenvalue weighted by Gasteiger charge is 2.87. The molecule has 2 N–H and O–H groups in total. The maximum Gasteiger partial charge on any atom is 0.423 e. The van der Waals surface area contributed by atoms with E-state index in [9.17, 15) is 44.7 Å². The molecule has 162 valence electrons. The van der Waals surface area contributed by atoms with Crippen LogP contribution in [0.15, 0.2) is 24.3 Å². The molecule has 0 fully saturated rings. The minimum absolute atomic E-state index is 0.762. The summed E-state index contributed by atoms with van der Waals surface area (Å²) in [5.74, 6) is -30.1. The van der Waals surface area contributed by atoms with Crippen molar-refractivity contribution >= 4 is 11.9 Å². The predicted molar refractivity (Wildman–Crippen MR) is 73.6 cm³/mol. The molecule has 0 aromatic carbocycles. The molecule has 0 aliphatic rings. The van der Waals surface area contributed by atoms with Crippen LogP contribution in [-0.4, -0.2) is 58.4 Å². The number of hydrogen-bond donors (Lipinski definition) is 2. The zero-order valence-electron chi connectivity index (χ0n) is 14.2. The summed E-state index contributed by atoms with van der Waals surface area (Å²) in [6.07, 6.45) is -6.70. The monoisotopic (exact) mass is 430 g/mol. The standard InChI is InChI=1S/C14H14F8O6/c1-6(2)8(24)27-10(5-23,28-9(25)7(3)4)11(15,16)12(17,18)13(19,20)14(21,22)26/h23,26H,1,3,5H2,2,4H3. The maximum absolute atomic E-state index is 14.3. The van der Waals surface area contributed by atoms with Gasteiger partial charge in [-0.15, -0.1) is 0 Å². The summed E-state index contributed by atoms with van der Waals surface area (Å²) >= 11 is 0. The normalized spacial score (nSPS) is 13.7. The van der Waals surface area contributed by atoms with E-state index in [-0.39, 0.29) is 0 Å². The van der Waals surface area contributed by atoms with Crippen LogP contribution in [0.25, 0.3) is 0 Å². The summed E-state index contributed by atoms with van der Waals surface area (Å²) in [6.45, 7) is 4.67. The Morgan fingerprint density at radius 1 is 0.786 bits per heavy atom. The van der Waals surface area contributed by atoms with Gasteiger partial charge in [-0.1, -0.05) is 13.2 Å². The van der Waals surface area contributed by atoms with E-state index in [1.54, 1.807) is 0 Å². The first-order valence-electron chi connectivity index (χ1n) is 6.84. The molecule has 0 aromatic heterocycles. The van der Waals surface area contributed by atoms with Crippen LogP contribution in [-0.2, 0) is 19.1 Å². The average molecular weight is 430 g/mol. The van der Waals surface area contributed by atoms with Crippen molar-refractivity contribution in [1.82, 2.24) is 0 Å². The van der Waals surface area contributed by atoms with E-state index < -0.39 is 59.4 Å². The van der Waals surface area contributed by atoms with Crippen molar-refractivity contribution in [2.24, 2.45) is 0 Å². The number of carbonyl (C=O) groups is 2. The lowest BCUT2D eigenvalue weighted by molar-refractivity contribution is -0.452. The first-order chi connectivity index (χ1) is 12.2. The summed E-state index contributed by atoms with van der Waals surface area (Å²) in [6, 6.07) is 0. The lowest BCUT2D eigenvalue weighted by atomic mass is 9.95. The Morgan fingerprint density at radius 3 is 1.32 bits per heavy atom. The van der Waals surface area contributed by atoms with E-state index in [1.165, 1.54) is 0 Å². The van der Waals surface area contributed by atoms with E-state index in [2.05, 4.69) is 22.6 Å². The molecule has 28 heavy (non-hydrogen) atoms. The number of ether oxygens (including phenoxy) is 2. The summed E-state index contributed by atoms with van der Waals surface area (Å²) in [7, 11) is 0. The molecule has 0 aliphatic heterocycles. The van der Waals surface area contributed by atoms with Crippen molar-refractivity contribution in [1.29, 1.82) is 0 Å². The third-order valence-electron chi connectivity index (χ3n) is 3.07. The van der Waals surface area contributed by atoms with E-state index in [0.717, 1.165) is 13.8 Å². The minimum atomic E-state index is -7.23. The van der Waals surface area contributed by atoms with Crippen LogP contribution in [0.2, 0.25) is 0 Å². The number of carbonyl (C=O) groups excluding carboxylic acids is 2. The Morgan fingerprint density at radius 2 is 1.11 bits per heavy atom. The molecule has 0 aromatic rings. The predicted octanol–water partition coefficient (Wildman–Crippen LogP) is 2.40. The number of esters is 2. The average Bonchev–Trinajstić information content (AvgIpc) is 2.51. The van der Waals surface area contributed by atoms with Crippen LogP contribution in [0, 0.1) is 0 Å².